The van der Waals surface area contributed by atoms with Gasteiger partial charge >= 0.3 is 0 Å². The van der Waals surface area contributed by atoms with E-state index in [1.54, 1.807) is 12.3 Å². The summed E-state index contributed by atoms with van der Waals surface area (Å²) in [6.45, 7) is 1.95. The summed E-state index contributed by atoms with van der Waals surface area (Å²) >= 11 is 9.54. The molecule has 84 valence electrons. The number of anilines is 1. The Kier molecular flexibility index (Phi) is 3.78. The predicted molar refractivity (Wildman–Crippen MR) is 74.5 cm³/mol. The predicted octanol–water partition coefficient (Wildman–Crippen LogP) is 4.29. The van der Waals surface area contributed by atoms with Crippen LogP contribution in [0.5, 0.6) is 0 Å². The van der Waals surface area contributed by atoms with Crippen molar-refractivity contribution in [2.75, 3.05) is 5.32 Å². The fourth-order valence-corrected chi connectivity index (χ4v) is 3.62. The van der Waals surface area contributed by atoms with E-state index in [-0.39, 0.29) is 5.91 Å². The number of thiazole rings is 1. The maximum atomic E-state index is 11.8. The normalized spacial score (nSPS) is 10.4. The van der Waals surface area contributed by atoms with Crippen LogP contribution >= 0.6 is 54.5 Å². The maximum Gasteiger partial charge on any atom is 0.267 e. The van der Waals surface area contributed by atoms with Crippen molar-refractivity contribution in [3.63, 3.8) is 0 Å². The number of rotatable bonds is 2. The summed E-state index contributed by atoms with van der Waals surface area (Å²) < 4.78 is 1.80. The molecule has 7 heteroatoms. The number of hydrogen-bond donors (Lipinski definition) is 1. The lowest BCUT2D eigenvalue weighted by Gasteiger charge is -1.96. The summed E-state index contributed by atoms with van der Waals surface area (Å²) in [6, 6.07) is 1.78. The van der Waals surface area contributed by atoms with Gasteiger partial charge in [0.25, 0.3) is 5.91 Å². The first-order valence-corrected chi connectivity index (χ1v) is 7.47. The number of carbonyl (C=O) groups is 1. The molecule has 0 radical (unpaired) electrons. The standard InChI is InChI=1S/C9H6Br2N2OS2/c1-4-3-12-9(15-4)13-8(14)6-2-5(10)7(11)16-6/h2-3H,1H3,(H,12,13,14). The van der Waals surface area contributed by atoms with Gasteiger partial charge in [0.05, 0.1) is 8.66 Å². The Balaban J connectivity index is 2.14. The first kappa shape index (κ1) is 12.2. The lowest BCUT2D eigenvalue weighted by molar-refractivity contribution is 0.103. The number of nitrogens with zero attached hydrogens (tertiary/aromatic N) is 1. The molecule has 2 aromatic rings. The third-order valence-electron chi connectivity index (χ3n) is 1.71. The molecule has 2 heterocycles. The van der Waals surface area contributed by atoms with Crippen LogP contribution in [0.3, 0.4) is 0 Å². The van der Waals surface area contributed by atoms with E-state index in [1.807, 2.05) is 6.92 Å². The highest BCUT2D eigenvalue weighted by Gasteiger charge is 2.13. The lowest BCUT2D eigenvalue weighted by Crippen LogP contribution is -2.09. The van der Waals surface area contributed by atoms with Gasteiger partial charge < -0.3 is 0 Å². The number of hydrogen-bond acceptors (Lipinski definition) is 4. The summed E-state index contributed by atoms with van der Waals surface area (Å²) in [5, 5.41) is 3.38. The average molecular weight is 382 g/mol. The SMILES string of the molecule is Cc1cnc(NC(=O)c2cc(Br)c(Br)s2)s1. The van der Waals surface area contributed by atoms with Crippen molar-refractivity contribution >= 4 is 65.6 Å². The van der Waals surface area contributed by atoms with Crippen LogP contribution in [0.1, 0.15) is 14.5 Å². The smallest absolute Gasteiger partial charge is 0.267 e. The summed E-state index contributed by atoms with van der Waals surface area (Å²) in [6.07, 6.45) is 1.74. The molecule has 0 aliphatic carbocycles. The molecule has 0 atom stereocenters. The van der Waals surface area contributed by atoms with E-state index in [9.17, 15) is 4.79 Å². The van der Waals surface area contributed by atoms with Crippen molar-refractivity contribution in [1.29, 1.82) is 0 Å². The van der Waals surface area contributed by atoms with Gasteiger partial charge in [-0.25, -0.2) is 4.98 Å². The third-order valence-corrected chi connectivity index (χ3v) is 5.79. The highest BCUT2D eigenvalue weighted by atomic mass is 79.9. The van der Waals surface area contributed by atoms with E-state index >= 15 is 0 Å². The number of nitrogens with one attached hydrogen (secondary N) is 1. The molecule has 2 rings (SSSR count). The highest BCUT2D eigenvalue weighted by Crippen LogP contribution is 2.32. The van der Waals surface area contributed by atoms with Gasteiger partial charge in [0, 0.05) is 15.5 Å². The second-order valence-electron chi connectivity index (χ2n) is 2.96. The molecule has 2 aromatic heterocycles. The molecule has 0 aliphatic rings. The molecule has 1 amide bonds. The molecule has 1 N–H and O–H groups in total. The Morgan fingerprint density at radius 1 is 1.44 bits per heavy atom. The van der Waals surface area contributed by atoms with Gasteiger partial charge in [-0.05, 0) is 44.8 Å². The van der Waals surface area contributed by atoms with E-state index in [4.69, 9.17) is 0 Å². The minimum absolute atomic E-state index is 0.134. The zero-order valence-electron chi connectivity index (χ0n) is 8.08. The van der Waals surface area contributed by atoms with E-state index in [0.29, 0.717) is 10.0 Å². The zero-order chi connectivity index (χ0) is 11.7. The average Bonchev–Trinajstić information content (AvgIpc) is 2.75. The van der Waals surface area contributed by atoms with Crippen molar-refractivity contribution < 1.29 is 4.79 Å². The first-order chi connectivity index (χ1) is 7.56. The van der Waals surface area contributed by atoms with Gasteiger partial charge in [-0.2, -0.15) is 0 Å². The number of carbonyl (C=O) groups excluding carboxylic acids is 1. The highest BCUT2D eigenvalue weighted by molar-refractivity contribution is 9.13. The Morgan fingerprint density at radius 2 is 2.19 bits per heavy atom. The number of thiophene rings is 1. The fourth-order valence-electron chi connectivity index (χ4n) is 1.03. The van der Waals surface area contributed by atoms with Crippen LogP contribution in [0.2, 0.25) is 0 Å². The summed E-state index contributed by atoms with van der Waals surface area (Å²) in [4.78, 5) is 17.6. The van der Waals surface area contributed by atoms with Gasteiger partial charge in [0.2, 0.25) is 0 Å². The molecular weight excluding hydrogens is 376 g/mol. The van der Waals surface area contributed by atoms with E-state index < -0.39 is 0 Å². The molecule has 0 saturated carbocycles. The number of aromatic nitrogens is 1. The molecule has 16 heavy (non-hydrogen) atoms. The van der Waals surface area contributed by atoms with Gasteiger partial charge in [-0.3, -0.25) is 10.1 Å². The molecular formula is C9H6Br2N2OS2. The maximum absolute atomic E-state index is 11.8. The van der Waals surface area contributed by atoms with Gasteiger partial charge in [0.1, 0.15) is 0 Å². The van der Waals surface area contributed by atoms with Crippen LogP contribution in [0.4, 0.5) is 5.13 Å². The number of halogens is 2. The topological polar surface area (TPSA) is 42.0 Å². The largest absolute Gasteiger partial charge is 0.297 e. The molecule has 0 aromatic carbocycles. The van der Waals surface area contributed by atoms with Crippen molar-refractivity contribution in [3.05, 3.63) is 30.3 Å². The molecule has 0 bridgehead atoms. The zero-order valence-corrected chi connectivity index (χ0v) is 12.9. The summed E-state index contributed by atoms with van der Waals surface area (Å²) in [7, 11) is 0. The van der Waals surface area contributed by atoms with Crippen LogP contribution in [-0.4, -0.2) is 10.9 Å². The quantitative estimate of drug-likeness (QED) is 0.842. The van der Waals surface area contributed by atoms with Crippen LogP contribution in [-0.2, 0) is 0 Å². The van der Waals surface area contributed by atoms with E-state index in [0.717, 1.165) is 13.1 Å². The molecule has 0 saturated heterocycles. The second kappa shape index (κ2) is 4.95. The van der Waals surface area contributed by atoms with Crippen LogP contribution in [0.15, 0.2) is 20.5 Å². The van der Waals surface area contributed by atoms with Crippen molar-refractivity contribution in [2.24, 2.45) is 0 Å². The molecule has 0 spiro atoms. The van der Waals surface area contributed by atoms with Crippen LogP contribution < -0.4 is 5.32 Å². The minimum Gasteiger partial charge on any atom is -0.297 e. The van der Waals surface area contributed by atoms with Gasteiger partial charge in [-0.1, -0.05) is 0 Å². The lowest BCUT2D eigenvalue weighted by atomic mass is 10.4. The van der Waals surface area contributed by atoms with E-state index in [1.165, 1.54) is 22.7 Å². The van der Waals surface area contributed by atoms with Gasteiger partial charge in [0.15, 0.2) is 5.13 Å². The molecule has 0 aliphatic heterocycles. The minimum atomic E-state index is -0.134. The fraction of sp³-hybridized carbons (Fsp3) is 0.111. The number of amides is 1. The second-order valence-corrected chi connectivity index (χ2v) is 7.42. The Bertz CT molecular complexity index is 516. The Morgan fingerprint density at radius 3 is 2.69 bits per heavy atom. The van der Waals surface area contributed by atoms with Crippen molar-refractivity contribution in [1.82, 2.24) is 4.98 Å². The Hall–Kier alpha value is -0.240. The molecule has 3 nitrogen and oxygen atoms in total. The van der Waals surface area contributed by atoms with Gasteiger partial charge in [-0.15, -0.1) is 22.7 Å². The van der Waals surface area contributed by atoms with E-state index in [2.05, 4.69) is 42.2 Å². The third kappa shape index (κ3) is 2.71. The van der Waals surface area contributed by atoms with Crippen molar-refractivity contribution in [3.8, 4) is 0 Å². The summed E-state index contributed by atoms with van der Waals surface area (Å²) in [5.74, 6) is -0.134. The summed E-state index contributed by atoms with van der Waals surface area (Å²) in [5.41, 5.74) is 0. The van der Waals surface area contributed by atoms with Crippen molar-refractivity contribution in [2.45, 2.75) is 6.92 Å². The molecule has 0 unspecified atom stereocenters. The first-order valence-electron chi connectivity index (χ1n) is 4.25. The van der Waals surface area contributed by atoms with Crippen LogP contribution in [0, 0.1) is 6.92 Å². The Labute approximate surface area is 117 Å². The monoisotopic (exact) mass is 380 g/mol. The molecule has 0 fully saturated rings. The van der Waals surface area contributed by atoms with Crippen LogP contribution in [0.25, 0.3) is 0 Å². The number of aryl methyl sites for hydroxylation is 1.